The molecule has 0 aliphatic heterocycles. The second-order valence-electron chi connectivity index (χ2n) is 7.17. The molecule has 0 amide bonds. The largest absolute Gasteiger partial charge is 0.489 e. The maximum atomic E-state index is 5.80. The van der Waals surface area contributed by atoms with Crippen LogP contribution in [0.1, 0.15) is 16.7 Å². The molecule has 2 aromatic heterocycles. The zero-order valence-electron chi connectivity index (χ0n) is 16.9. The third-order valence-electron chi connectivity index (χ3n) is 4.96. The first-order valence-electron chi connectivity index (χ1n) is 9.94. The van der Waals surface area contributed by atoms with Gasteiger partial charge in [0, 0.05) is 5.39 Å². The number of hydrazone groups is 1. The summed E-state index contributed by atoms with van der Waals surface area (Å²) in [6, 6.07) is 23.8. The van der Waals surface area contributed by atoms with Gasteiger partial charge in [0.25, 0.3) is 5.95 Å². The van der Waals surface area contributed by atoms with Crippen molar-refractivity contribution in [3.8, 4) is 5.75 Å². The molecule has 5 aromatic rings. The molecule has 0 aliphatic carbocycles. The van der Waals surface area contributed by atoms with Crippen LogP contribution in [0, 0.1) is 6.92 Å². The standard InChI is InChI=1S/C24H20N6O/c1-16-6-5-9-20-21(16)26-23-22(20)28-30-24(27-23)29-25-14-17-10-12-19(13-11-17)31-15-18-7-3-2-4-8-18/h2-14H,15H2,1H3,(H2,26,27,29,30). The van der Waals surface area contributed by atoms with E-state index in [-0.39, 0.29) is 0 Å². The SMILES string of the molecule is Cc1cccc2c1[nH]c1nc(NN=Cc3ccc(OCc4ccccc4)cc3)nnc12. The van der Waals surface area contributed by atoms with Gasteiger partial charge in [-0.25, -0.2) is 5.43 Å². The van der Waals surface area contributed by atoms with Crippen LogP contribution in [0.2, 0.25) is 0 Å². The van der Waals surface area contributed by atoms with Crippen LogP contribution in [0.5, 0.6) is 5.75 Å². The quantitative estimate of drug-likeness (QED) is 0.310. The summed E-state index contributed by atoms with van der Waals surface area (Å²) < 4.78 is 5.80. The van der Waals surface area contributed by atoms with Crippen molar-refractivity contribution >= 4 is 34.2 Å². The van der Waals surface area contributed by atoms with E-state index in [1.165, 1.54) is 0 Å². The van der Waals surface area contributed by atoms with E-state index in [1.807, 2.05) is 79.7 Å². The molecule has 0 saturated heterocycles. The minimum atomic E-state index is 0.329. The first-order valence-corrected chi connectivity index (χ1v) is 9.94. The highest BCUT2D eigenvalue weighted by Crippen LogP contribution is 2.24. The fourth-order valence-electron chi connectivity index (χ4n) is 3.35. The molecule has 0 atom stereocenters. The Labute approximate surface area is 178 Å². The number of anilines is 1. The Kier molecular flexibility index (Phi) is 4.98. The molecule has 7 heteroatoms. The van der Waals surface area contributed by atoms with Crippen LogP contribution in [-0.2, 0) is 6.61 Å². The number of nitrogens with one attached hydrogen (secondary N) is 2. The van der Waals surface area contributed by atoms with Gasteiger partial charge in [-0.1, -0.05) is 48.5 Å². The Bertz CT molecular complexity index is 1360. The molecule has 31 heavy (non-hydrogen) atoms. The van der Waals surface area contributed by atoms with E-state index in [1.54, 1.807) is 6.21 Å². The lowest BCUT2D eigenvalue weighted by atomic mass is 10.1. The average Bonchev–Trinajstić information content (AvgIpc) is 3.19. The second kappa shape index (κ2) is 8.23. The van der Waals surface area contributed by atoms with Crippen molar-refractivity contribution in [3.63, 3.8) is 0 Å². The van der Waals surface area contributed by atoms with E-state index in [9.17, 15) is 0 Å². The number of hydrogen-bond donors (Lipinski definition) is 2. The highest BCUT2D eigenvalue weighted by Gasteiger charge is 2.09. The number of fused-ring (bicyclic) bond motifs is 3. The van der Waals surface area contributed by atoms with Crippen LogP contribution in [-0.4, -0.2) is 26.4 Å². The van der Waals surface area contributed by atoms with Crippen molar-refractivity contribution in [2.75, 3.05) is 5.43 Å². The van der Waals surface area contributed by atoms with Gasteiger partial charge in [0.2, 0.25) is 0 Å². The Morgan fingerprint density at radius 3 is 2.65 bits per heavy atom. The Morgan fingerprint density at radius 1 is 0.968 bits per heavy atom. The molecular formula is C24H20N6O. The number of rotatable bonds is 6. The van der Waals surface area contributed by atoms with E-state index in [4.69, 9.17) is 4.74 Å². The van der Waals surface area contributed by atoms with Gasteiger partial charge in [-0.2, -0.15) is 10.1 Å². The van der Waals surface area contributed by atoms with Crippen LogP contribution >= 0.6 is 0 Å². The summed E-state index contributed by atoms with van der Waals surface area (Å²) in [5, 5.41) is 13.7. The minimum absolute atomic E-state index is 0.329. The zero-order chi connectivity index (χ0) is 21.0. The molecule has 5 rings (SSSR count). The van der Waals surface area contributed by atoms with Crippen molar-refractivity contribution in [2.24, 2.45) is 5.10 Å². The topological polar surface area (TPSA) is 88.1 Å². The molecular weight excluding hydrogens is 388 g/mol. The van der Waals surface area contributed by atoms with Crippen molar-refractivity contribution in [1.82, 2.24) is 20.2 Å². The van der Waals surface area contributed by atoms with Crippen LogP contribution < -0.4 is 10.2 Å². The van der Waals surface area contributed by atoms with Crippen LogP contribution in [0.3, 0.4) is 0 Å². The lowest BCUT2D eigenvalue weighted by molar-refractivity contribution is 0.306. The van der Waals surface area contributed by atoms with Gasteiger partial charge in [-0.15, -0.1) is 10.2 Å². The number of nitrogens with zero attached hydrogens (tertiary/aromatic N) is 4. The molecule has 2 N–H and O–H groups in total. The number of hydrogen-bond acceptors (Lipinski definition) is 6. The van der Waals surface area contributed by atoms with Gasteiger partial charge < -0.3 is 9.72 Å². The summed E-state index contributed by atoms with van der Waals surface area (Å²) in [6.45, 7) is 2.59. The monoisotopic (exact) mass is 408 g/mol. The lowest BCUT2D eigenvalue weighted by Gasteiger charge is -2.06. The summed E-state index contributed by atoms with van der Waals surface area (Å²) in [4.78, 5) is 7.78. The first-order chi connectivity index (χ1) is 15.3. The molecule has 3 aromatic carbocycles. The minimum Gasteiger partial charge on any atom is -0.489 e. The van der Waals surface area contributed by atoms with Crippen molar-refractivity contribution < 1.29 is 4.74 Å². The smallest absolute Gasteiger partial charge is 0.265 e. The maximum Gasteiger partial charge on any atom is 0.265 e. The summed E-state index contributed by atoms with van der Waals surface area (Å²) >= 11 is 0. The third-order valence-corrected chi connectivity index (χ3v) is 4.96. The van der Waals surface area contributed by atoms with E-state index in [0.29, 0.717) is 18.2 Å². The van der Waals surface area contributed by atoms with Crippen molar-refractivity contribution in [1.29, 1.82) is 0 Å². The van der Waals surface area contributed by atoms with Gasteiger partial charge in [0.05, 0.1) is 11.7 Å². The summed E-state index contributed by atoms with van der Waals surface area (Å²) in [6.07, 6.45) is 1.70. The molecule has 2 heterocycles. The number of aromatic nitrogens is 4. The van der Waals surface area contributed by atoms with Crippen LogP contribution in [0.15, 0.2) is 77.9 Å². The number of benzene rings is 3. The normalized spacial score (nSPS) is 11.4. The Morgan fingerprint density at radius 2 is 1.81 bits per heavy atom. The number of ether oxygens (including phenoxy) is 1. The third kappa shape index (κ3) is 4.06. The van der Waals surface area contributed by atoms with Gasteiger partial charge in [-0.05, 0) is 47.9 Å². The Hall–Kier alpha value is -4.26. The maximum absolute atomic E-state index is 5.80. The van der Waals surface area contributed by atoms with Gasteiger partial charge in [0.1, 0.15) is 17.9 Å². The van der Waals surface area contributed by atoms with E-state index in [2.05, 4.69) is 30.7 Å². The molecule has 0 saturated carbocycles. The molecule has 0 fully saturated rings. The molecule has 0 unspecified atom stereocenters. The summed E-state index contributed by atoms with van der Waals surface area (Å²) in [5.41, 5.74) is 8.49. The first kappa shape index (κ1) is 18.7. The fraction of sp³-hybridized carbons (Fsp3) is 0.0833. The molecule has 0 radical (unpaired) electrons. The van der Waals surface area contributed by atoms with Crippen molar-refractivity contribution in [3.05, 3.63) is 89.5 Å². The average molecular weight is 408 g/mol. The zero-order valence-corrected chi connectivity index (χ0v) is 16.9. The van der Waals surface area contributed by atoms with Crippen LogP contribution in [0.4, 0.5) is 5.95 Å². The van der Waals surface area contributed by atoms with E-state index in [0.717, 1.165) is 38.9 Å². The number of para-hydroxylation sites is 1. The molecule has 152 valence electrons. The highest BCUT2D eigenvalue weighted by molar-refractivity contribution is 6.04. The van der Waals surface area contributed by atoms with Gasteiger partial charge in [-0.3, -0.25) is 0 Å². The number of H-pyrrole nitrogens is 1. The molecule has 0 spiro atoms. The van der Waals surface area contributed by atoms with Crippen LogP contribution in [0.25, 0.3) is 22.1 Å². The Balaban J connectivity index is 1.24. The summed E-state index contributed by atoms with van der Waals surface area (Å²) in [5.74, 6) is 1.14. The fourth-order valence-corrected chi connectivity index (χ4v) is 3.35. The molecule has 0 aliphatic rings. The van der Waals surface area contributed by atoms with E-state index >= 15 is 0 Å². The highest BCUT2D eigenvalue weighted by atomic mass is 16.5. The number of aromatic amines is 1. The predicted molar refractivity (Wildman–Crippen MR) is 122 cm³/mol. The second-order valence-corrected chi connectivity index (χ2v) is 7.17. The van der Waals surface area contributed by atoms with Gasteiger partial charge >= 0.3 is 0 Å². The molecule has 7 nitrogen and oxygen atoms in total. The summed E-state index contributed by atoms with van der Waals surface area (Å²) in [7, 11) is 0. The number of aryl methyl sites for hydroxylation is 1. The van der Waals surface area contributed by atoms with Gasteiger partial charge in [0.15, 0.2) is 5.65 Å². The van der Waals surface area contributed by atoms with E-state index < -0.39 is 0 Å². The molecule has 0 bridgehead atoms. The lowest BCUT2D eigenvalue weighted by Crippen LogP contribution is -1.99. The van der Waals surface area contributed by atoms with Crippen molar-refractivity contribution in [2.45, 2.75) is 13.5 Å². The predicted octanol–water partition coefficient (Wildman–Crippen LogP) is 4.84.